The first-order valence-electron chi connectivity index (χ1n) is 9.71. The second-order valence-electron chi connectivity index (χ2n) is 7.55. The number of pyridine rings is 1. The first-order valence-corrected chi connectivity index (χ1v) is 9.71. The molecule has 2 heterocycles. The second kappa shape index (κ2) is 7.72. The van der Waals surface area contributed by atoms with Gasteiger partial charge in [-0.3, -0.25) is 9.78 Å². The number of fused-ring (bicyclic) bond motifs is 1. The number of aromatic nitrogens is 2. The average molecular weight is 381 g/mol. The van der Waals surface area contributed by atoms with Gasteiger partial charge in [0.15, 0.2) is 0 Å². The molecule has 1 aliphatic rings. The van der Waals surface area contributed by atoms with Gasteiger partial charge in [-0.25, -0.2) is 4.39 Å². The number of rotatable bonds is 4. The van der Waals surface area contributed by atoms with Crippen molar-refractivity contribution in [3.05, 3.63) is 65.2 Å². The smallest absolute Gasteiger partial charge is 0.255 e. The zero-order chi connectivity index (χ0) is 19.7. The number of aliphatic hydroxyl groups excluding tert-OH is 1. The van der Waals surface area contributed by atoms with Gasteiger partial charge in [-0.15, -0.1) is 0 Å². The zero-order valence-electron chi connectivity index (χ0n) is 15.9. The largest absolute Gasteiger partial charge is 0.391 e. The van der Waals surface area contributed by atoms with Crippen molar-refractivity contribution in [2.24, 2.45) is 0 Å². The fourth-order valence-corrected chi connectivity index (χ4v) is 3.88. The minimum absolute atomic E-state index is 0.216. The molecular weight excluding hydrogens is 357 g/mol. The average Bonchev–Trinajstić information content (AvgIpc) is 3.03. The van der Waals surface area contributed by atoms with Gasteiger partial charge in [0.2, 0.25) is 0 Å². The van der Waals surface area contributed by atoms with Gasteiger partial charge in [-0.2, -0.15) is 0 Å². The molecule has 0 saturated heterocycles. The first kappa shape index (κ1) is 18.6. The van der Waals surface area contributed by atoms with Crippen molar-refractivity contribution in [2.75, 3.05) is 0 Å². The summed E-state index contributed by atoms with van der Waals surface area (Å²) >= 11 is 0. The molecular formula is C22H24FN3O2. The van der Waals surface area contributed by atoms with Crippen LogP contribution in [-0.2, 0) is 6.54 Å². The van der Waals surface area contributed by atoms with E-state index in [1.807, 2.05) is 23.6 Å². The van der Waals surface area contributed by atoms with Crippen molar-refractivity contribution < 1.29 is 14.3 Å². The van der Waals surface area contributed by atoms with E-state index in [4.69, 9.17) is 0 Å². The third-order valence-electron chi connectivity index (χ3n) is 5.42. The molecule has 1 amide bonds. The molecule has 1 saturated carbocycles. The van der Waals surface area contributed by atoms with Crippen LogP contribution >= 0.6 is 0 Å². The molecule has 0 bridgehead atoms. The van der Waals surface area contributed by atoms with Crippen LogP contribution in [0.4, 0.5) is 4.39 Å². The summed E-state index contributed by atoms with van der Waals surface area (Å²) in [4.78, 5) is 17.6. The van der Waals surface area contributed by atoms with Crippen LogP contribution in [0.2, 0.25) is 0 Å². The summed E-state index contributed by atoms with van der Waals surface area (Å²) in [6.07, 6.45) is 4.80. The number of aryl methyl sites for hydroxylation is 1. The molecule has 1 fully saturated rings. The Labute approximate surface area is 163 Å². The summed E-state index contributed by atoms with van der Waals surface area (Å²) in [6.45, 7) is 2.41. The Morgan fingerprint density at radius 1 is 1.21 bits per heavy atom. The molecule has 4 rings (SSSR count). The maximum atomic E-state index is 13.2. The van der Waals surface area contributed by atoms with Crippen molar-refractivity contribution >= 4 is 16.9 Å². The van der Waals surface area contributed by atoms with Gasteiger partial charge < -0.3 is 15.0 Å². The number of nitrogens with one attached hydrogen (secondary N) is 1. The number of amides is 1. The number of hydrogen-bond acceptors (Lipinski definition) is 3. The summed E-state index contributed by atoms with van der Waals surface area (Å²) in [5, 5.41) is 13.2. The Morgan fingerprint density at radius 2 is 1.96 bits per heavy atom. The van der Waals surface area contributed by atoms with Crippen LogP contribution in [0.5, 0.6) is 0 Å². The van der Waals surface area contributed by atoms with E-state index < -0.39 is 6.10 Å². The normalized spacial score (nSPS) is 19.7. The Balaban J connectivity index is 1.66. The lowest BCUT2D eigenvalue weighted by Gasteiger charge is -2.28. The third-order valence-corrected chi connectivity index (χ3v) is 5.42. The molecule has 0 aliphatic heterocycles. The topological polar surface area (TPSA) is 67.2 Å². The van der Waals surface area contributed by atoms with E-state index in [9.17, 15) is 14.3 Å². The molecule has 1 aromatic carbocycles. The third kappa shape index (κ3) is 3.78. The molecule has 2 aromatic heterocycles. The second-order valence-corrected chi connectivity index (χ2v) is 7.55. The van der Waals surface area contributed by atoms with Gasteiger partial charge in [0, 0.05) is 18.4 Å². The van der Waals surface area contributed by atoms with Crippen molar-refractivity contribution in [1.82, 2.24) is 14.9 Å². The summed E-state index contributed by atoms with van der Waals surface area (Å²) in [5.41, 5.74) is 3.76. The molecule has 5 nitrogen and oxygen atoms in total. The number of carbonyl (C=O) groups excluding carboxylic acids is 1. The predicted molar refractivity (Wildman–Crippen MR) is 106 cm³/mol. The van der Waals surface area contributed by atoms with Crippen molar-refractivity contribution in [1.29, 1.82) is 0 Å². The fraction of sp³-hybridized carbons (Fsp3) is 0.364. The number of benzene rings is 1. The van der Waals surface area contributed by atoms with Crippen LogP contribution in [0, 0.1) is 12.7 Å². The monoisotopic (exact) mass is 381 g/mol. The molecule has 3 aromatic rings. The molecule has 146 valence electrons. The summed E-state index contributed by atoms with van der Waals surface area (Å²) in [7, 11) is 0. The molecule has 0 unspecified atom stereocenters. The van der Waals surface area contributed by atoms with Gasteiger partial charge in [-0.05, 0) is 49.6 Å². The fourth-order valence-electron chi connectivity index (χ4n) is 3.88. The number of nitrogens with zero attached hydrogens (tertiary/aromatic N) is 2. The minimum Gasteiger partial charge on any atom is -0.391 e. The Hall–Kier alpha value is -2.73. The van der Waals surface area contributed by atoms with Crippen LogP contribution in [0.3, 0.4) is 0 Å². The van der Waals surface area contributed by atoms with Crippen LogP contribution in [0.1, 0.15) is 47.3 Å². The van der Waals surface area contributed by atoms with E-state index in [0.717, 1.165) is 36.0 Å². The quantitative estimate of drug-likeness (QED) is 0.726. The number of hydrogen-bond donors (Lipinski definition) is 2. The SMILES string of the molecule is Cc1ccc2c(n1)c(C(=O)N[C@H]1CCCC[C@@H]1O)cn2Cc1ccc(F)cc1. The standard InChI is InChI=1S/C22H24FN3O2/c1-14-6-11-19-21(24-14)17(22(28)25-18-4-2-3-5-20(18)27)13-26(19)12-15-7-9-16(23)10-8-15/h6-11,13,18,20,27H,2-5,12H2,1H3,(H,25,28)/t18-,20-/m0/s1. The van der Waals surface area contributed by atoms with E-state index in [0.29, 0.717) is 24.0 Å². The molecule has 0 spiro atoms. The highest BCUT2D eigenvalue weighted by Crippen LogP contribution is 2.23. The molecule has 28 heavy (non-hydrogen) atoms. The molecule has 0 radical (unpaired) electrons. The van der Waals surface area contributed by atoms with E-state index in [2.05, 4.69) is 10.3 Å². The summed E-state index contributed by atoms with van der Waals surface area (Å²) < 4.78 is 15.2. The highest BCUT2D eigenvalue weighted by molar-refractivity contribution is 6.05. The van der Waals surface area contributed by atoms with Crippen LogP contribution < -0.4 is 5.32 Å². The van der Waals surface area contributed by atoms with E-state index in [1.165, 1.54) is 12.1 Å². The summed E-state index contributed by atoms with van der Waals surface area (Å²) in [5.74, 6) is -0.489. The van der Waals surface area contributed by atoms with Gasteiger partial charge in [0.1, 0.15) is 11.3 Å². The van der Waals surface area contributed by atoms with Crippen LogP contribution in [-0.4, -0.2) is 32.7 Å². The van der Waals surface area contributed by atoms with E-state index in [-0.39, 0.29) is 17.8 Å². The first-order chi connectivity index (χ1) is 13.5. The van der Waals surface area contributed by atoms with Crippen molar-refractivity contribution in [3.8, 4) is 0 Å². The Morgan fingerprint density at radius 3 is 2.71 bits per heavy atom. The van der Waals surface area contributed by atoms with Crippen LogP contribution in [0.25, 0.3) is 11.0 Å². The Kier molecular flexibility index (Phi) is 5.13. The molecule has 2 atom stereocenters. The van der Waals surface area contributed by atoms with Gasteiger partial charge in [0.05, 0.1) is 23.2 Å². The van der Waals surface area contributed by atoms with Gasteiger partial charge in [-0.1, -0.05) is 25.0 Å². The molecule has 1 aliphatic carbocycles. The van der Waals surface area contributed by atoms with Crippen molar-refractivity contribution in [3.63, 3.8) is 0 Å². The lowest BCUT2D eigenvalue weighted by atomic mass is 9.92. The highest BCUT2D eigenvalue weighted by atomic mass is 19.1. The molecule has 6 heteroatoms. The van der Waals surface area contributed by atoms with E-state index in [1.54, 1.807) is 18.3 Å². The highest BCUT2D eigenvalue weighted by Gasteiger charge is 2.26. The zero-order valence-corrected chi connectivity index (χ0v) is 15.9. The number of carbonyl (C=O) groups is 1. The van der Waals surface area contributed by atoms with Gasteiger partial charge in [0.25, 0.3) is 5.91 Å². The Bertz CT molecular complexity index is 997. The lowest BCUT2D eigenvalue weighted by molar-refractivity contribution is 0.0718. The lowest BCUT2D eigenvalue weighted by Crippen LogP contribution is -2.45. The van der Waals surface area contributed by atoms with E-state index >= 15 is 0 Å². The molecule has 2 N–H and O–H groups in total. The maximum Gasteiger partial charge on any atom is 0.255 e. The summed E-state index contributed by atoms with van der Waals surface area (Å²) in [6, 6.07) is 9.98. The van der Waals surface area contributed by atoms with Crippen molar-refractivity contribution in [2.45, 2.75) is 51.3 Å². The minimum atomic E-state index is -0.500. The van der Waals surface area contributed by atoms with Crippen LogP contribution in [0.15, 0.2) is 42.6 Å². The number of halogens is 1. The number of aliphatic hydroxyl groups is 1. The van der Waals surface area contributed by atoms with Gasteiger partial charge >= 0.3 is 0 Å². The maximum absolute atomic E-state index is 13.2. The predicted octanol–water partition coefficient (Wildman–Crippen LogP) is 3.57.